The summed E-state index contributed by atoms with van der Waals surface area (Å²) < 4.78 is 0. The van der Waals surface area contributed by atoms with E-state index in [0.717, 1.165) is 5.92 Å². The Hall–Kier alpha value is -1.08. The van der Waals surface area contributed by atoms with Crippen LogP contribution in [0.25, 0.3) is 5.57 Å². The van der Waals surface area contributed by atoms with Crippen molar-refractivity contribution in [2.75, 3.05) is 6.54 Å². The van der Waals surface area contributed by atoms with Gasteiger partial charge in [-0.15, -0.1) is 0 Å². The highest BCUT2D eigenvalue weighted by atomic mass is 14.9. The van der Waals surface area contributed by atoms with E-state index in [1.165, 1.54) is 32.2 Å². The van der Waals surface area contributed by atoms with E-state index in [1.807, 2.05) is 0 Å². The summed E-state index contributed by atoms with van der Waals surface area (Å²) in [7, 11) is 0. The number of allylic oxidation sites excluding steroid dienone is 1. The van der Waals surface area contributed by atoms with Crippen molar-refractivity contribution in [3.8, 4) is 0 Å². The van der Waals surface area contributed by atoms with Crippen molar-refractivity contribution >= 4 is 5.57 Å². The first kappa shape index (κ1) is 10.8. The van der Waals surface area contributed by atoms with E-state index in [1.54, 1.807) is 22.3 Å². The predicted octanol–water partition coefficient (Wildman–Crippen LogP) is 3.82. The minimum absolute atomic E-state index is 0.676. The van der Waals surface area contributed by atoms with Gasteiger partial charge in [0.15, 0.2) is 0 Å². The van der Waals surface area contributed by atoms with E-state index in [0.29, 0.717) is 12.0 Å². The molecule has 0 aromatic heterocycles. The highest BCUT2D eigenvalue weighted by Gasteiger charge is 2.37. The first-order valence-corrected chi connectivity index (χ1v) is 7.45. The topological polar surface area (TPSA) is 12.0 Å². The Labute approximate surface area is 109 Å². The van der Waals surface area contributed by atoms with Gasteiger partial charge >= 0.3 is 0 Å². The molecule has 94 valence electrons. The third-order valence-corrected chi connectivity index (χ3v) is 5.12. The second-order valence-electron chi connectivity index (χ2n) is 6.03. The van der Waals surface area contributed by atoms with Crippen LogP contribution in [0.1, 0.15) is 61.1 Å². The van der Waals surface area contributed by atoms with Crippen molar-refractivity contribution in [3.63, 3.8) is 0 Å². The molecule has 1 aliphatic heterocycles. The van der Waals surface area contributed by atoms with Gasteiger partial charge in [-0.05, 0) is 54.5 Å². The molecule has 1 aromatic carbocycles. The molecule has 0 saturated carbocycles. The fourth-order valence-corrected chi connectivity index (χ4v) is 4.28. The minimum atomic E-state index is 0.676. The molecule has 3 unspecified atom stereocenters. The molecule has 0 amide bonds. The Morgan fingerprint density at radius 3 is 3.06 bits per heavy atom. The maximum atomic E-state index is 3.74. The van der Waals surface area contributed by atoms with Gasteiger partial charge in [-0.25, -0.2) is 0 Å². The van der Waals surface area contributed by atoms with Crippen LogP contribution in [0.5, 0.6) is 0 Å². The largest absolute Gasteiger partial charge is 0.313 e. The summed E-state index contributed by atoms with van der Waals surface area (Å²) in [4.78, 5) is 0. The van der Waals surface area contributed by atoms with Gasteiger partial charge in [-0.3, -0.25) is 0 Å². The lowest BCUT2D eigenvalue weighted by Crippen LogP contribution is -2.42. The van der Waals surface area contributed by atoms with Crippen molar-refractivity contribution in [2.24, 2.45) is 0 Å². The summed E-state index contributed by atoms with van der Waals surface area (Å²) in [6.45, 7) is 3.52. The second-order valence-corrected chi connectivity index (χ2v) is 6.03. The van der Waals surface area contributed by atoms with Gasteiger partial charge < -0.3 is 5.32 Å². The fraction of sp³-hybridized carbons (Fsp3) is 0.529. The summed E-state index contributed by atoms with van der Waals surface area (Å²) >= 11 is 0. The molecule has 3 atom stereocenters. The van der Waals surface area contributed by atoms with E-state index < -0.39 is 0 Å². The van der Waals surface area contributed by atoms with Gasteiger partial charge in [0.25, 0.3) is 0 Å². The van der Waals surface area contributed by atoms with E-state index >= 15 is 0 Å². The molecule has 0 radical (unpaired) electrons. The van der Waals surface area contributed by atoms with Crippen molar-refractivity contribution in [1.29, 1.82) is 0 Å². The summed E-state index contributed by atoms with van der Waals surface area (Å²) in [5.74, 6) is 1.44. The van der Waals surface area contributed by atoms with E-state index in [9.17, 15) is 0 Å². The number of hydrogen-bond donors (Lipinski definition) is 1. The molecular weight excluding hydrogens is 218 g/mol. The van der Waals surface area contributed by atoms with Crippen LogP contribution in [0.4, 0.5) is 0 Å². The first-order valence-electron chi connectivity index (χ1n) is 7.45. The molecule has 1 N–H and O–H groups in total. The van der Waals surface area contributed by atoms with E-state index in [4.69, 9.17) is 0 Å². The fourth-order valence-electron chi connectivity index (χ4n) is 4.28. The van der Waals surface area contributed by atoms with Gasteiger partial charge in [0, 0.05) is 17.9 Å². The molecule has 18 heavy (non-hydrogen) atoms. The third-order valence-electron chi connectivity index (χ3n) is 5.12. The van der Waals surface area contributed by atoms with Gasteiger partial charge in [0.05, 0.1) is 0 Å². The van der Waals surface area contributed by atoms with E-state index in [-0.39, 0.29) is 0 Å². The normalized spacial score (nSPS) is 32.7. The zero-order chi connectivity index (χ0) is 12.1. The Morgan fingerprint density at radius 1 is 1.28 bits per heavy atom. The molecule has 1 nitrogen and oxygen atoms in total. The van der Waals surface area contributed by atoms with Crippen LogP contribution in [-0.2, 0) is 0 Å². The quantitative estimate of drug-likeness (QED) is 0.785. The van der Waals surface area contributed by atoms with Gasteiger partial charge in [-0.2, -0.15) is 0 Å². The maximum Gasteiger partial charge on any atom is 0.0176 e. The lowest BCUT2D eigenvalue weighted by atomic mass is 9.73. The summed E-state index contributed by atoms with van der Waals surface area (Å²) in [5.41, 5.74) is 6.50. The molecule has 2 aliphatic carbocycles. The molecular formula is C17H21N. The van der Waals surface area contributed by atoms with Crippen LogP contribution in [0, 0.1) is 0 Å². The highest BCUT2D eigenvalue weighted by Crippen LogP contribution is 2.49. The average Bonchev–Trinajstić information content (AvgIpc) is 2.79. The Balaban J connectivity index is 1.88. The zero-order valence-electron chi connectivity index (χ0n) is 11.1. The Kier molecular flexibility index (Phi) is 2.38. The number of benzene rings is 1. The third kappa shape index (κ3) is 1.37. The molecule has 0 bridgehead atoms. The van der Waals surface area contributed by atoms with E-state index in [2.05, 4.69) is 36.5 Å². The van der Waals surface area contributed by atoms with Crippen LogP contribution in [0.15, 0.2) is 24.3 Å². The van der Waals surface area contributed by atoms with Crippen LogP contribution in [-0.4, -0.2) is 12.6 Å². The summed E-state index contributed by atoms with van der Waals surface area (Å²) in [6.07, 6.45) is 7.74. The minimum Gasteiger partial charge on any atom is -0.313 e. The standard InChI is InChI=1S/C17H21N/c1-2-11-9-12-10-16-14(7-4-8-18-16)15-6-3-5-13(11)17(12)15/h3,5-6,9,11,14,16,18H,2,4,7-8,10H2,1H3. The lowest BCUT2D eigenvalue weighted by Gasteiger charge is -2.38. The van der Waals surface area contributed by atoms with Crippen LogP contribution in [0.2, 0.25) is 0 Å². The SMILES string of the molecule is CCC1C=C2CC3NCCCC3c3cccc1c32. The van der Waals surface area contributed by atoms with Crippen molar-refractivity contribution < 1.29 is 0 Å². The molecule has 4 rings (SSSR count). The van der Waals surface area contributed by atoms with Gasteiger partial charge in [0.2, 0.25) is 0 Å². The molecule has 1 heteroatoms. The molecule has 1 fully saturated rings. The number of piperidine rings is 1. The van der Waals surface area contributed by atoms with Crippen LogP contribution >= 0.6 is 0 Å². The van der Waals surface area contributed by atoms with Gasteiger partial charge in [0.1, 0.15) is 0 Å². The van der Waals surface area contributed by atoms with Crippen molar-refractivity contribution in [1.82, 2.24) is 5.32 Å². The molecule has 1 saturated heterocycles. The number of hydrogen-bond acceptors (Lipinski definition) is 1. The first-order chi connectivity index (χ1) is 8.88. The Bertz CT molecular complexity index is 514. The van der Waals surface area contributed by atoms with Gasteiger partial charge in [-0.1, -0.05) is 31.2 Å². The molecule has 1 heterocycles. The van der Waals surface area contributed by atoms with Crippen molar-refractivity contribution in [2.45, 2.75) is 50.5 Å². The molecule has 0 spiro atoms. The number of nitrogens with one attached hydrogen (secondary N) is 1. The summed E-state index contributed by atoms with van der Waals surface area (Å²) in [5, 5.41) is 3.74. The van der Waals surface area contributed by atoms with Crippen LogP contribution in [0.3, 0.4) is 0 Å². The monoisotopic (exact) mass is 239 g/mol. The van der Waals surface area contributed by atoms with Crippen LogP contribution < -0.4 is 5.32 Å². The number of rotatable bonds is 1. The lowest BCUT2D eigenvalue weighted by molar-refractivity contribution is 0.348. The smallest absolute Gasteiger partial charge is 0.0176 e. The number of fused-ring (bicyclic) bond motifs is 2. The molecule has 1 aromatic rings. The highest BCUT2D eigenvalue weighted by molar-refractivity contribution is 5.79. The Morgan fingerprint density at radius 2 is 2.17 bits per heavy atom. The molecule has 3 aliphatic rings. The maximum absolute atomic E-state index is 3.74. The summed E-state index contributed by atoms with van der Waals surface area (Å²) in [6, 6.07) is 7.72. The predicted molar refractivity (Wildman–Crippen MR) is 75.8 cm³/mol. The average molecular weight is 239 g/mol. The second kappa shape index (κ2) is 3.96. The zero-order valence-corrected chi connectivity index (χ0v) is 11.1. The van der Waals surface area contributed by atoms with Crippen molar-refractivity contribution in [3.05, 3.63) is 41.0 Å².